The Kier molecular flexibility index (Phi) is 8.35. The fraction of sp³-hybridized carbons (Fsp3) is 0.435. The SMILES string of the molecule is COc1ccc(C(CNC(=O)CCS(=O)(=O)c2ccc(Cl)cc2)N2CCCCC2)cc1. The van der Waals surface area contributed by atoms with Gasteiger partial charge in [0.1, 0.15) is 5.75 Å². The Balaban J connectivity index is 1.60. The molecule has 31 heavy (non-hydrogen) atoms. The van der Waals surface area contributed by atoms with Crippen LogP contribution < -0.4 is 10.1 Å². The molecule has 1 saturated heterocycles. The van der Waals surface area contributed by atoms with E-state index in [4.69, 9.17) is 16.3 Å². The molecule has 1 heterocycles. The van der Waals surface area contributed by atoms with Crippen molar-refractivity contribution in [1.82, 2.24) is 10.2 Å². The first-order chi connectivity index (χ1) is 14.9. The molecular weight excluding hydrogens is 436 g/mol. The average Bonchev–Trinajstić information content (AvgIpc) is 2.79. The number of rotatable bonds is 9. The monoisotopic (exact) mass is 464 g/mol. The summed E-state index contributed by atoms with van der Waals surface area (Å²) in [7, 11) is -1.90. The van der Waals surface area contributed by atoms with Crippen LogP contribution in [0.5, 0.6) is 5.75 Å². The summed E-state index contributed by atoms with van der Waals surface area (Å²) in [6.07, 6.45) is 3.42. The molecule has 6 nitrogen and oxygen atoms in total. The topological polar surface area (TPSA) is 75.7 Å². The first-order valence-corrected chi connectivity index (χ1v) is 12.5. The maximum atomic E-state index is 12.5. The van der Waals surface area contributed by atoms with Gasteiger partial charge < -0.3 is 10.1 Å². The van der Waals surface area contributed by atoms with Crippen molar-refractivity contribution in [2.75, 3.05) is 32.5 Å². The van der Waals surface area contributed by atoms with Gasteiger partial charge in [0.2, 0.25) is 5.91 Å². The lowest BCUT2D eigenvalue weighted by atomic mass is 10.0. The van der Waals surface area contributed by atoms with Crippen molar-refractivity contribution in [2.45, 2.75) is 36.6 Å². The molecule has 1 amide bonds. The number of likely N-dealkylation sites (tertiary alicyclic amines) is 1. The molecular formula is C23H29ClN2O4S. The van der Waals surface area contributed by atoms with Crippen LogP contribution in [0.4, 0.5) is 0 Å². The Labute approximate surface area is 189 Å². The van der Waals surface area contributed by atoms with Gasteiger partial charge in [-0.1, -0.05) is 30.2 Å². The van der Waals surface area contributed by atoms with Gasteiger partial charge in [0.25, 0.3) is 0 Å². The number of hydrogen-bond acceptors (Lipinski definition) is 5. The van der Waals surface area contributed by atoms with Crippen molar-refractivity contribution in [3.63, 3.8) is 0 Å². The fourth-order valence-electron chi connectivity index (χ4n) is 3.80. The highest BCUT2D eigenvalue weighted by Gasteiger charge is 2.23. The van der Waals surface area contributed by atoms with E-state index in [2.05, 4.69) is 10.2 Å². The van der Waals surface area contributed by atoms with Crippen LogP contribution in [0.1, 0.15) is 37.3 Å². The summed E-state index contributed by atoms with van der Waals surface area (Å²) in [5, 5.41) is 3.41. The molecule has 0 aliphatic carbocycles. The molecule has 0 spiro atoms. The predicted molar refractivity (Wildman–Crippen MR) is 122 cm³/mol. The van der Waals surface area contributed by atoms with E-state index in [9.17, 15) is 13.2 Å². The second-order valence-electron chi connectivity index (χ2n) is 7.71. The number of methoxy groups -OCH3 is 1. The number of hydrogen-bond donors (Lipinski definition) is 1. The molecule has 0 bridgehead atoms. The number of nitrogens with one attached hydrogen (secondary N) is 1. The zero-order chi connectivity index (χ0) is 22.3. The minimum atomic E-state index is -3.53. The number of benzene rings is 2. The zero-order valence-electron chi connectivity index (χ0n) is 17.7. The Morgan fingerprint density at radius 2 is 1.71 bits per heavy atom. The van der Waals surface area contributed by atoms with Crippen molar-refractivity contribution >= 4 is 27.3 Å². The van der Waals surface area contributed by atoms with Crippen LogP contribution in [0.15, 0.2) is 53.4 Å². The highest BCUT2D eigenvalue weighted by atomic mass is 35.5. The first kappa shape index (κ1) is 23.6. The molecule has 1 unspecified atom stereocenters. The maximum absolute atomic E-state index is 12.5. The average molecular weight is 465 g/mol. The normalized spacial score (nSPS) is 15.9. The number of piperidine rings is 1. The number of ether oxygens (including phenoxy) is 1. The Bertz CT molecular complexity index is 956. The van der Waals surface area contributed by atoms with E-state index in [0.717, 1.165) is 37.2 Å². The maximum Gasteiger partial charge on any atom is 0.221 e. The highest BCUT2D eigenvalue weighted by molar-refractivity contribution is 7.91. The number of carbonyl (C=O) groups is 1. The van der Waals surface area contributed by atoms with E-state index in [1.807, 2.05) is 24.3 Å². The van der Waals surface area contributed by atoms with Gasteiger partial charge in [0.15, 0.2) is 9.84 Å². The first-order valence-electron chi connectivity index (χ1n) is 10.5. The molecule has 0 saturated carbocycles. The lowest BCUT2D eigenvalue weighted by Gasteiger charge is -2.35. The van der Waals surface area contributed by atoms with Crippen LogP contribution in [0.25, 0.3) is 0 Å². The molecule has 1 aliphatic rings. The molecule has 3 rings (SSSR count). The third-order valence-electron chi connectivity index (χ3n) is 5.60. The van der Waals surface area contributed by atoms with E-state index in [0.29, 0.717) is 11.6 Å². The quantitative estimate of drug-likeness (QED) is 0.610. The smallest absolute Gasteiger partial charge is 0.221 e. The number of carbonyl (C=O) groups excluding carboxylic acids is 1. The van der Waals surface area contributed by atoms with Gasteiger partial charge in [0.05, 0.1) is 23.8 Å². The summed E-state index contributed by atoms with van der Waals surface area (Å²) in [5.41, 5.74) is 1.11. The molecule has 1 atom stereocenters. The summed E-state index contributed by atoms with van der Waals surface area (Å²) in [4.78, 5) is 15.0. The van der Waals surface area contributed by atoms with Gasteiger partial charge in [-0.05, 0) is 67.9 Å². The van der Waals surface area contributed by atoms with Crippen LogP contribution in [0.2, 0.25) is 5.02 Å². The third kappa shape index (κ3) is 6.69. The van der Waals surface area contributed by atoms with Crippen molar-refractivity contribution in [3.05, 3.63) is 59.1 Å². The van der Waals surface area contributed by atoms with E-state index < -0.39 is 9.84 Å². The summed E-state index contributed by atoms with van der Waals surface area (Å²) < 4.78 is 30.2. The van der Waals surface area contributed by atoms with Crippen molar-refractivity contribution in [1.29, 1.82) is 0 Å². The zero-order valence-corrected chi connectivity index (χ0v) is 19.3. The molecule has 0 radical (unpaired) electrons. The molecule has 8 heteroatoms. The second-order valence-corrected chi connectivity index (χ2v) is 10.3. The number of halogens is 1. The van der Waals surface area contributed by atoms with Crippen molar-refractivity contribution in [2.24, 2.45) is 0 Å². The lowest BCUT2D eigenvalue weighted by Crippen LogP contribution is -2.40. The van der Waals surface area contributed by atoms with Crippen LogP contribution in [-0.2, 0) is 14.6 Å². The van der Waals surface area contributed by atoms with E-state index >= 15 is 0 Å². The van der Waals surface area contributed by atoms with Crippen LogP contribution in [0, 0.1) is 0 Å². The number of nitrogens with zero attached hydrogens (tertiary/aromatic N) is 1. The summed E-state index contributed by atoms with van der Waals surface area (Å²) in [6.45, 7) is 2.40. The summed E-state index contributed by atoms with van der Waals surface area (Å²) in [5.74, 6) is 0.280. The third-order valence-corrected chi connectivity index (χ3v) is 7.58. The van der Waals surface area contributed by atoms with Gasteiger partial charge in [-0.2, -0.15) is 0 Å². The number of amides is 1. The van der Waals surface area contributed by atoms with Crippen LogP contribution in [0.3, 0.4) is 0 Å². The Morgan fingerprint density at radius 1 is 1.06 bits per heavy atom. The van der Waals surface area contributed by atoms with E-state index in [1.54, 1.807) is 7.11 Å². The lowest BCUT2D eigenvalue weighted by molar-refractivity contribution is -0.121. The number of sulfone groups is 1. The largest absolute Gasteiger partial charge is 0.497 e. The van der Waals surface area contributed by atoms with E-state index in [1.165, 1.54) is 30.7 Å². The van der Waals surface area contributed by atoms with Gasteiger partial charge in [-0.3, -0.25) is 9.69 Å². The molecule has 1 N–H and O–H groups in total. The van der Waals surface area contributed by atoms with Crippen molar-refractivity contribution in [3.8, 4) is 5.75 Å². The Morgan fingerprint density at radius 3 is 2.32 bits per heavy atom. The van der Waals surface area contributed by atoms with Gasteiger partial charge >= 0.3 is 0 Å². The van der Waals surface area contributed by atoms with Crippen molar-refractivity contribution < 1.29 is 17.9 Å². The van der Waals surface area contributed by atoms with Crippen LogP contribution in [-0.4, -0.2) is 51.7 Å². The van der Waals surface area contributed by atoms with E-state index in [-0.39, 0.29) is 29.0 Å². The van der Waals surface area contributed by atoms with Gasteiger partial charge in [0, 0.05) is 18.0 Å². The molecule has 2 aromatic carbocycles. The van der Waals surface area contributed by atoms with Gasteiger partial charge in [-0.15, -0.1) is 0 Å². The molecule has 0 aromatic heterocycles. The predicted octanol–water partition coefficient (Wildman–Crippen LogP) is 3.86. The van der Waals surface area contributed by atoms with Crippen LogP contribution >= 0.6 is 11.6 Å². The molecule has 168 valence electrons. The summed E-state index contributed by atoms with van der Waals surface area (Å²) in [6, 6.07) is 13.9. The molecule has 2 aromatic rings. The molecule has 1 fully saturated rings. The fourth-order valence-corrected chi connectivity index (χ4v) is 5.17. The van der Waals surface area contributed by atoms with Gasteiger partial charge in [-0.25, -0.2) is 8.42 Å². The summed E-state index contributed by atoms with van der Waals surface area (Å²) >= 11 is 5.82. The highest BCUT2D eigenvalue weighted by Crippen LogP contribution is 2.26. The Hall–Kier alpha value is -2.09. The standard InChI is InChI=1S/C23H29ClN2O4S/c1-30-20-9-5-18(6-10-20)22(26-14-3-2-4-15-26)17-25-23(27)13-16-31(28,29)21-11-7-19(24)8-12-21/h5-12,22H,2-4,13-17H2,1H3,(H,25,27). The minimum absolute atomic E-state index is 0.0445. The minimum Gasteiger partial charge on any atom is -0.497 e. The molecule has 1 aliphatic heterocycles. The second kappa shape index (κ2) is 11.0.